The van der Waals surface area contributed by atoms with Crippen molar-refractivity contribution in [2.45, 2.75) is 19.4 Å². The summed E-state index contributed by atoms with van der Waals surface area (Å²) in [6.07, 6.45) is 0.833. The van der Waals surface area contributed by atoms with E-state index in [4.69, 9.17) is 14.2 Å². The summed E-state index contributed by atoms with van der Waals surface area (Å²) >= 11 is 0. The highest BCUT2D eigenvalue weighted by Gasteiger charge is 2.25. The van der Waals surface area contributed by atoms with Crippen LogP contribution in [0.5, 0.6) is 17.2 Å². The Balaban J connectivity index is 3.27. The highest BCUT2D eigenvalue weighted by molar-refractivity contribution is 5.77. The van der Waals surface area contributed by atoms with Crippen LogP contribution in [0.15, 0.2) is 12.1 Å². The van der Waals surface area contributed by atoms with Crippen molar-refractivity contribution < 1.29 is 24.1 Å². The molecule has 0 heterocycles. The van der Waals surface area contributed by atoms with Gasteiger partial charge in [-0.1, -0.05) is 6.92 Å². The largest absolute Gasteiger partial charge is 0.496 e. The van der Waals surface area contributed by atoms with Crippen LogP contribution in [0.2, 0.25) is 0 Å². The minimum absolute atomic E-state index is 0.443. The van der Waals surface area contributed by atoms with Crippen LogP contribution in [0.4, 0.5) is 0 Å². The van der Waals surface area contributed by atoms with Crippen molar-refractivity contribution in [1.82, 2.24) is 5.32 Å². The standard InChI is InChI=1S/C14H21NO5/c1-5-6-15-13(14(16)17)9-7-11(19-3)12(20-4)8-10(9)18-2/h7-8,13,15H,5-6H2,1-4H3,(H,16,17). The van der Waals surface area contributed by atoms with E-state index < -0.39 is 12.0 Å². The van der Waals surface area contributed by atoms with Gasteiger partial charge >= 0.3 is 5.97 Å². The Morgan fingerprint density at radius 2 is 1.70 bits per heavy atom. The number of carbonyl (C=O) groups is 1. The number of nitrogens with one attached hydrogen (secondary N) is 1. The third kappa shape index (κ3) is 3.54. The van der Waals surface area contributed by atoms with E-state index in [1.54, 1.807) is 12.1 Å². The number of methoxy groups -OCH3 is 3. The molecule has 0 fully saturated rings. The van der Waals surface area contributed by atoms with Gasteiger partial charge in [0.1, 0.15) is 11.8 Å². The molecule has 1 rings (SSSR count). The Kier molecular flexibility index (Phi) is 6.11. The summed E-state index contributed by atoms with van der Waals surface area (Å²) in [5.74, 6) is 0.434. The average Bonchev–Trinajstić information content (AvgIpc) is 2.46. The average molecular weight is 283 g/mol. The van der Waals surface area contributed by atoms with Gasteiger partial charge in [0.15, 0.2) is 11.5 Å². The van der Waals surface area contributed by atoms with Gasteiger partial charge in [0.25, 0.3) is 0 Å². The molecule has 2 N–H and O–H groups in total. The molecule has 1 unspecified atom stereocenters. The summed E-state index contributed by atoms with van der Waals surface area (Å²) in [6.45, 7) is 2.56. The van der Waals surface area contributed by atoms with Gasteiger partial charge in [-0.25, -0.2) is 0 Å². The van der Waals surface area contributed by atoms with Crippen LogP contribution in [0.3, 0.4) is 0 Å². The lowest BCUT2D eigenvalue weighted by molar-refractivity contribution is -0.139. The molecule has 0 aliphatic rings. The lowest BCUT2D eigenvalue weighted by Gasteiger charge is -2.19. The Morgan fingerprint density at radius 1 is 1.15 bits per heavy atom. The summed E-state index contributed by atoms with van der Waals surface area (Å²) in [5, 5.41) is 12.3. The molecule has 112 valence electrons. The Bertz CT molecular complexity index is 461. The highest BCUT2D eigenvalue weighted by atomic mass is 16.5. The first-order valence-electron chi connectivity index (χ1n) is 6.35. The van der Waals surface area contributed by atoms with Crippen molar-refractivity contribution in [3.63, 3.8) is 0 Å². The second-order valence-electron chi connectivity index (χ2n) is 4.17. The predicted molar refractivity (Wildman–Crippen MR) is 74.8 cm³/mol. The van der Waals surface area contributed by atoms with Crippen LogP contribution in [-0.4, -0.2) is 38.9 Å². The van der Waals surface area contributed by atoms with Crippen molar-refractivity contribution in [3.05, 3.63) is 17.7 Å². The van der Waals surface area contributed by atoms with Gasteiger partial charge in [-0.3, -0.25) is 4.79 Å². The zero-order valence-corrected chi connectivity index (χ0v) is 12.2. The predicted octanol–water partition coefficient (Wildman–Crippen LogP) is 1.84. The minimum atomic E-state index is -0.969. The third-order valence-electron chi connectivity index (χ3n) is 2.89. The number of rotatable bonds is 8. The van der Waals surface area contributed by atoms with Crippen LogP contribution in [0.25, 0.3) is 0 Å². The van der Waals surface area contributed by atoms with Crippen LogP contribution in [0.1, 0.15) is 24.9 Å². The van der Waals surface area contributed by atoms with Crippen LogP contribution < -0.4 is 19.5 Å². The lowest BCUT2D eigenvalue weighted by atomic mass is 10.0. The zero-order valence-electron chi connectivity index (χ0n) is 12.2. The zero-order chi connectivity index (χ0) is 15.1. The minimum Gasteiger partial charge on any atom is -0.496 e. The molecule has 1 aromatic rings. The molecular formula is C14H21NO5. The first-order chi connectivity index (χ1) is 9.58. The quantitative estimate of drug-likeness (QED) is 0.758. The second-order valence-corrected chi connectivity index (χ2v) is 4.17. The summed E-state index contributed by atoms with van der Waals surface area (Å²) in [7, 11) is 4.51. The van der Waals surface area contributed by atoms with E-state index in [1.807, 2.05) is 6.92 Å². The summed E-state index contributed by atoms with van der Waals surface area (Å²) in [4.78, 5) is 11.4. The van der Waals surface area contributed by atoms with E-state index in [0.717, 1.165) is 6.42 Å². The molecule has 0 radical (unpaired) electrons. The van der Waals surface area contributed by atoms with E-state index >= 15 is 0 Å². The van der Waals surface area contributed by atoms with Gasteiger partial charge in [-0.2, -0.15) is 0 Å². The molecule has 1 atom stereocenters. The van der Waals surface area contributed by atoms with Crippen molar-refractivity contribution >= 4 is 5.97 Å². The monoisotopic (exact) mass is 283 g/mol. The molecule has 0 aliphatic carbocycles. The number of carboxylic acid groups (broad SMARTS) is 1. The van der Waals surface area contributed by atoms with Gasteiger partial charge in [-0.05, 0) is 19.0 Å². The second kappa shape index (κ2) is 7.59. The fraction of sp³-hybridized carbons (Fsp3) is 0.500. The Labute approximate surface area is 118 Å². The van der Waals surface area contributed by atoms with Crippen LogP contribution in [-0.2, 0) is 4.79 Å². The smallest absolute Gasteiger partial charge is 0.325 e. The number of hydrogen-bond donors (Lipinski definition) is 2. The highest BCUT2D eigenvalue weighted by Crippen LogP contribution is 2.37. The van der Waals surface area contributed by atoms with Gasteiger partial charge in [0.05, 0.1) is 21.3 Å². The van der Waals surface area contributed by atoms with Gasteiger partial charge < -0.3 is 24.6 Å². The Morgan fingerprint density at radius 3 is 2.15 bits per heavy atom. The summed E-state index contributed by atoms with van der Waals surface area (Å²) < 4.78 is 15.7. The molecule has 6 nitrogen and oxygen atoms in total. The molecule has 0 amide bonds. The van der Waals surface area contributed by atoms with E-state index in [2.05, 4.69) is 5.32 Å². The lowest BCUT2D eigenvalue weighted by Crippen LogP contribution is -2.29. The first kappa shape index (κ1) is 16.1. The maximum Gasteiger partial charge on any atom is 0.325 e. The van der Waals surface area contributed by atoms with Crippen LogP contribution >= 0.6 is 0 Å². The maximum absolute atomic E-state index is 11.4. The van der Waals surface area contributed by atoms with E-state index in [9.17, 15) is 9.90 Å². The summed E-state index contributed by atoms with van der Waals surface area (Å²) in [6, 6.07) is 2.39. The van der Waals surface area contributed by atoms with Crippen molar-refractivity contribution in [2.75, 3.05) is 27.9 Å². The fourth-order valence-corrected chi connectivity index (χ4v) is 1.90. The van der Waals surface area contributed by atoms with Crippen LogP contribution in [0, 0.1) is 0 Å². The Hall–Kier alpha value is -1.95. The molecule has 6 heteroatoms. The molecule has 0 aliphatic heterocycles. The number of benzene rings is 1. The number of carboxylic acids is 1. The topological polar surface area (TPSA) is 77.0 Å². The van der Waals surface area contributed by atoms with Crippen molar-refractivity contribution in [2.24, 2.45) is 0 Å². The first-order valence-corrected chi connectivity index (χ1v) is 6.35. The van der Waals surface area contributed by atoms with Gasteiger partial charge in [0, 0.05) is 11.6 Å². The number of ether oxygens (including phenoxy) is 3. The summed E-state index contributed by atoms with van der Waals surface area (Å²) in [5.41, 5.74) is 0.506. The molecule has 1 aromatic carbocycles. The maximum atomic E-state index is 11.4. The molecule has 0 saturated heterocycles. The molecular weight excluding hydrogens is 262 g/mol. The SMILES string of the molecule is CCCNC(C(=O)O)c1cc(OC)c(OC)cc1OC. The van der Waals surface area contributed by atoms with Crippen molar-refractivity contribution in [3.8, 4) is 17.2 Å². The number of hydrogen-bond acceptors (Lipinski definition) is 5. The van der Waals surface area contributed by atoms with Crippen molar-refractivity contribution in [1.29, 1.82) is 0 Å². The molecule has 20 heavy (non-hydrogen) atoms. The van der Waals surface area contributed by atoms with Gasteiger partial charge in [-0.15, -0.1) is 0 Å². The molecule has 0 spiro atoms. The molecule has 0 aromatic heterocycles. The van der Waals surface area contributed by atoms with E-state index in [1.165, 1.54) is 21.3 Å². The molecule has 0 bridgehead atoms. The van der Waals surface area contributed by atoms with E-state index in [-0.39, 0.29) is 0 Å². The normalized spacial score (nSPS) is 11.8. The number of aliphatic carboxylic acids is 1. The van der Waals surface area contributed by atoms with E-state index in [0.29, 0.717) is 29.4 Å². The fourth-order valence-electron chi connectivity index (χ4n) is 1.90. The third-order valence-corrected chi connectivity index (χ3v) is 2.89. The van der Waals surface area contributed by atoms with Gasteiger partial charge in [0.2, 0.25) is 0 Å². The molecule has 0 saturated carbocycles.